The summed E-state index contributed by atoms with van der Waals surface area (Å²) in [6.45, 7) is 2.51. The fraction of sp³-hybridized carbons (Fsp3) is 0.200. The van der Waals surface area contributed by atoms with Crippen LogP contribution in [0.1, 0.15) is 16.7 Å². The summed E-state index contributed by atoms with van der Waals surface area (Å²) in [7, 11) is 0. The van der Waals surface area contributed by atoms with Crippen molar-refractivity contribution >= 4 is 0 Å². The van der Waals surface area contributed by atoms with Gasteiger partial charge in [-0.3, -0.25) is 0 Å². The van der Waals surface area contributed by atoms with E-state index >= 15 is 0 Å². The maximum Gasteiger partial charge on any atom is 0.132 e. The van der Waals surface area contributed by atoms with Gasteiger partial charge in [-0.2, -0.15) is 0 Å². The van der Waals surface area contributed by atoms with E-state index in [2.05, 4.69) is 0 Å². The normalized spacial score (nSPS) is 10.4. The zero-order valence-electron chi connectivity index (χ0n) is 10.4. The minimum atomic E-state index is 0.0405. The number of hydrogen-bond donors (Lipinski definition) is 2. The number of aryl methyl sites for hydroxylation is 1. The molecular weight excluding hydrogens is 226 g/mol. The summed E-state index contributed by atoms with van der Waals surface area (Å²) in [4.78, 5) is 0. The third-order valence-electron chi connectivity index (χ3n) is 2.78. The van der Waals surface area contributed by atoms with Gasteiger partial charge in [0, 0.05) is 12.1 Å². The number of aliphatic hydroxyl groups excluding tert-OH is 1. The van der Waals surface area contributed by atoms with Crippen LogP contribution < -0.4 is 10.5 Å². The zero-order chi connectivity index (χ0) is 13.0. The summed E-state index contributed by atoms with van der Waals surface area (Å²) in [5.74, 6) is 1.53. The van der Waals surface area contributed by atoms with Crippen molar-refractivity contribution in [3.05, 3.63) is 59.2 Å². The highest BCUT2D eigenvalue weighted by Crippen LogP contribution is 2.26. The minimum Gasteiger partial charge on any atom is -0.457 e. The van der Waals surface area contributed by atoms with Crippen LogP contribution in [0.3, 0.4) is 0 Å². The van der Waals surface area contributed by atoms with Gasteiger partial charge in [0.2, 0.25) is 0 Å². The number of nitrogens with two attached hydrogens (primary N) is 1. The molecule has 94 valence electrons. The number of aliphatic hydroxyl groups is 1. The molecule has 0 aliphatic heterocycles. The van der Waals surface area contributed by atoms with Crippen molar-refractivity contribution in [1.29, 1.82) is 0 Å². The van der Waals surface area contributed by atoms with Crippen LogP contribution in [0.5, 0.6) is 11.5 Å². The molecule has 0 aliphatic rings. The highest BCUT2D eigenvalue weighted by Gasteiger charge is 2.04. The topological polar surface area (TPSA) is 55.5 Å². The van der Waals surface area contributed by atoms with E-state index in [-0.39, 0.29) is 6.61 Å². The third-order valence-corrected chi connectivity index (χ3v) is 2.78. The molecule has 0 aliphatic carbocycles. The van der Waals surface area contributed by atoms with Crippen molar-refractivity contribution in [3.8, 4) is 11.5 Å². The molecule has 0 unspecified atom stereocenters. The van der Waals surface area contributed by atoms with Gasteiger partial charge in [0.1, 0.15) is 11.5 Å². The summed E-state index contributed by atoms with van der Waals surface area (Å²) in [6, 6.07) is 13.3. The summed E-state index contributed by atoms with van der Waals surface area (Å²) in [6.07, 6.45) is 0. The molecule has 0 saturated heterocycles. The lowest BCUT2D eigenvalue weighted by molar-refractivity contribution is 0.281. The van der Waals surface area contributed by atoms with Gasteiger partial charge in [-0.25, -0.2) is 0 Å². The molecule has 0 spiro atoms. The lowest BCUT2D eigenvalue weighted by atomic mass is 10.1. The monoisotopic (exact) mass is 243 g/mol. The highest BCUT2D eigenvalue weighted by atomic mass is 16.5. The van der Waals surface area contributed by atoms with Gasteiger partial charge in [-0.05, 0) is 36.2 Å². The van der Waals surface area contributed by atoms with E-state index in [1.165, 1.54) is 0 Å². The first-order valence-corrected chi connectivity index (χ1v) is 5.90. The van der Waals surface area contributed by atoms with Crippen molar-refractivity contribution in [1.82, 2.24) is 0 Å². The van der Waals surface area contributed by atoms with Crippen molar-refractivity contribution in [2.75, 3.05) is 0 Å². The van der Waals surface area contributed by atoms with Gasteiger partial charge in [-0.1, -0.05) is 24.3 Å². The Balaban J connectivity index is 2.24. The molecular formula is C15H17NO2. The number of hydrogen-bond acceptors (Lipinski definition) is 3. The molecule has 0 heterocycles. The van der Waals surface area contributed by atoms with Crippen LogP contribution in [-0.2, 0) is 13.2 Å². The van der Waals surface area contributed by atoms with Gasteiger partial charge in [-0.15, -0.1) is 0 Å². The van der Waals surface area contributed by atoms with E-state index in [1.807, 2.05) is 49.4 Å². The van der Waals surface area contributed by atoms with Crippen LogP contribution in [0.25, 0.3) is 0 Å². The summed E-state index contributed by atoms with van der Waals surface area (Å²) in [5.41, 5.74) is 8.67. The summed E-state index contributed by atoms with van der Waals surface area (Å²) in [5, 5.41) is 8.98. The minimum absolute atomic E-state index is 0.0405. The largest absolute Gasteiger partial charge is 0.457 e. The fourth-order valence-corrected chi connectivity index (χ4v) is 1.72. The average molecular weight is 243 g/mol. The maximum atomic E-state index is 8.98. The van der Waals surface area contributed by atoms with E-state index in [0.717, 1.165) is 28.2 Å². The van der Waals surface area contributed by atoms with Crippen LogP contribution in [0.2, 0.25) is 0 Å². The van der Waals surface area contributed by atoms with Crippen LogP contribution in [-0.4, -0.2) is 5.11 Å². The van der Waals surface area contributed by atoms with E-state index in [0.29, 0.717) is 6.54 Å². The summed E-state index contributed by atoms with van der Waals surface area (Å²) >= 11 is 0. The van der Waals surface area contributed by atoms with Crippen molar-refractivity contribution in [2.45, 2.75) is 20.1 Å². The maximum absolute atomic E-state index is 8.98. The Bertz CT molecular complexity index is 521. The van der Waals surface area contributed by atoms with E-state index in [1.54, 1.807) is 0 Å². The van der Waals surface area contributed by atoms with Gasteiger partial charge in [0.05, 0.1) is 6.61 Å². The Kier molecular flexibility index (Phi) is 3.97. The molecule has 0 radical (unpaired) electrons. The fourth-order valence-electron chi connectivity index (χ4n) is 1.72. The van der Waals surface area contributed by atoms with E-state index < -0.39 is 0 Å². The first kappa shape index (κ1) is 12.6. The lowest BCUT2D eigenvalue weighted by Crippen LogP contribution is -1.99. The van der Waals surface area contributed by atoms with E-state index in [4.69, 9.17) is 15.6 Å². The molecule has 3 nitrogen and oxygen atoms in total. The first-order chi connectivity index (χ1) is 8.72. The molecule has 3 N–H and O–H groups in total. The van der Waals surface area contributed by atoms with E-state index in [9.17, 15) is 0 Å². The molecule has 2 rings (SSSR count). The standard InChI is InChI=1S/C15H17NO2/c1-11-2-5-13(9-16)15(8-11)18-14-6-3-12(10-17)4-7-14/h2-8,17H,9-10,16H2,1H3. The molecule has 2 aromatic rings. The Hall–Kier alpha value is -1.84. The summed E-state index contributed by atoms with van der Waals surface area (Å²) < 4.78 is 5.82. The molecule has 0 aromatic heterocycles. The second kappa shape index (κ2) is 5.67. The quantitative estimate of drug-likeness (QED) is 0.868. The van der Waals surface area contributed by atoms with Crippen LogP contribution in [0, 0.1) is 6.92 Å². The van der Waals surface area contributed by atoms with Crippen molar-refractivity contribution in [3.63, 3.8) is 0 Å². The molecule has 18 heavy (non-hydrogen) atoms. The predicted molar refractivity (Wildman–Crippen MR) is 71.5 cm³/mol. The predicted octanol–water partition coefficient (Wildman–Crippen LogP) is 2.74. The molecule has 0 atom stereocenters. The lowest BCUT2D eigenvalue weighted by Gasteiger charge is -2.11. The van der Waals surface area contributed by atoms with Crippen molar-refractivity contribution < 1.29 is 9.84 Å². The molecule has 0 amide bonds. The number of benzene rings is 2. The SMILES string of the molecule is Cc1ccc(CN)c(Oc2ccc(CO)cc2)c1. The number of rotatable bonds is 4. The highest BCUT2D eigenvalue weighted by molar-refractivity contribution is 5.40. The third kappa shape index (κ3) is 2.88. The second-order valence-corrected chi connectivity index (χ2v) is 4.22. The number of ether oxygens (including phenoxy) is 1. The van der Waals surface area contributed by atoms with Gasteiger partial charge < -0.3 is 15.6 Å². The Labute approximate surface area is 107 Å². The van der Waals surface area contributed by atoms with Crippen LogP contribution >= 0.6 is 0 Å². The first-order valence-electron chi connectivity index (χ1n) is 5.90. The second-order valence-electron chi connectivity index (χ2n) is 4.22. The van der Waals surface area contributed by atoms with Gasteiger partial charge >= 0.3 is 0 Å². The average Bonchev–Trinajstić information content (AvgIpc) is 2.40. The van der Waals surface area contributed by atoms with Crippen molar-refractivity contribution in [2.24, 2.45) is 5.73 Å². The van der Waals surface area contributed by atoms with Gasteiger partial charge in [0.25, 0.3) is 0 Å². The molecule has 0 fully saturated rings. The molecule has 0 bridgehead atoms. The van der Waals surface area contributed by atoms with Gasteiger partial charge in [0.15, 0.2) is 0 Å². The Morgan fingerprint density at radius 2 is 1.83 bits per heavy atom. The zero-order valence-corrected chi connectivity index (χ0v) is 10.4. The molecule has 2 aromatic carbocycles. The van der Waals surface area contributed by atoms with Crippen LogP contribution in [0.4, 0.5) is 0 Å². The smallest absolute Gasteiger partial charge is 0.132 e. The molecule has 3 heteroatoms. The van der Waals surface area contributed by atoms with Crippen LogP contribution in [0.15, 0.2) is 42.5 Å². The molecule has 0 saturated carbocycles. The Morgan fingerprint density at radius 3 is 2.44 bits per heavy atom. The Morgan fingerprint density at radius 1 is 1.11 bits per heavy atom.